The first-order valence-corrected chi connectivity index (χ1v) is 13.5. The fraction of sp³-hybridized carbons (Fsp3) is 0.226. The van der Waals surface area contributed by atoms with Crippen molar-refractivity contribution in [3.8, 4) is 17.5 Å². The molecule has 1 aliphatic rings. The summed E-state index contributed by atoms with van der Waals surface area (Å²) in [5, 5.41) is 7.34. The van der Waals surface area contributed by atoms with Gasteiger partial charge in [-0.05, 0) is 67.8 Å². The molecule has 1 amide bonds. The highest BCUT2D eigenvalue weighted by Crippen LogP contribution is 2.33. The van der Waals surface area contributed by atoms with Crippen LogP contribution >= 0.6 is 0 Å². The summed E-state index contributed by atoms with van der Waals surface area (Å²) in [7, 11) is 0. The second-order valence-corrected chi connectivity index (χ2v) is 10.1. The molecular weight excluding hydrogens is 559 g/mol. The molecule has 9 nitrogen and oxygen atoms in total. The molecular formula is C31H26F3N7O2. The lowest BCUT2D eigenvalue weighted by Crippen LogP contribution is -2.37. The molecule has 1 aliphatic heterocycles. The average Bonchev–Trinajstić information content (AvgIpc) is 3.62. The van der Waals surface area contributed by atoms with Crippen LogP contribution in [0.15, 0.2) is 67.3 Å². The maximum Gasteiger partial charge on any atom is 0.416 e. The quantitative estimate of drug-likeness (QED) is 0.298. The summed E-state index contributed by atoms with van der Waals surface area (Å²) in [6, 6.07) is 12.3. The van der Waals surface area contributed by atoms with Crippen molar-refractivity contribution in [1.82, 2.24) is 24.1 Å². The first-order chi connectivity index (χ1) is 20.7. The van der Waals surface area contributed by atoms with Gasteiger partial charge in [0.1, 0.15) is 11.5 Å². The van der Waals surface area contributed by atoms with Crippen LogP contribution in [0.25, 0.3) is 11.3 Å². The smallest absolute Gasteiger partial charge is 0.378 e. The zero-order valence-electron chi connectivity index (χ0n) is 23.3. The number of halogens is 3. The number of nitrogens with one attached hydrogen (secondary N) is 1. The Hall–Kier alpha value is -5.15. The molecule has 218 valence electrons. The first kappa shape index (κ1) is 28.0. The van der Waals surface area contributed by atoms with E-state index in [1.165, 1.54) is 17.0 Å². The molecule has 4 heterocycles. The molecule has 0 aliphatic carbocycles. The Morgan fingerprint density at radius 3 is 2.58 bits per heavy atom. The minimum absolute atomic E-state index is 0.00458. The van der Waals surface area contributed by atoms with Gasteiger partial charge >= 0.3 is 6.18 Å². The van der Waals surface area contributed by atoms with Crippen LogP contribution in [0.2, 0.25) is 0 Å². The predicted molar refractivity (Wildman–Crippen MR) is 154 cm³/mol. The number of rotatable bonds is 4. The Bertz CT molecular complexity index is 1890. The van der Waals surface area contributed by atoms with Crippen molar-refractivity contribution >= 4 is 23.1 Å². The van der Waals surface area contributed by atoms with Crippen LogP contribution in [0.1, 0.15) is 38.4 Å². The summed E-state index contributed by atoms with van der Waals surface area (Å²) >= 11 is 0. The monoisotopic (exact) mass is 585 g/mol. The van der Waals surface area contributed by atoms with Gasteiger partial charge in [-0.3, -0.25) is 4.79 Å². The molecule has 2 aromatic carbocycles. The molecule has 0 radical (unpaired) electrons. The van der Waals surface area contributed by atoms with E-state index in [1.807, 2.05) is 12.1 Å². The van der Waals surface area contributed by atoms with Crippen molar-refractivity contribution in [2.24, 2.45) is 0 Å². The van der Waals surface area contributed by atoms with Gasteiger partial charge in [0.25, 0.3) is 5.91 Å². The van der Waals surface area contributed by atoms with Crippen molar-refractivity contribution in [3.63, 3.8) is 0 Å². The van der Waals surface area contributed by atoms with Gasteiger partial charge in [0.15, 0.2) is 5.65 Å². The van der Waals surface area contributed by atoms with Crippen LogP contribution in [0.4, 0.5) is 24.7 Å². The van der Waals surface area contributed by atoms with Crippen molar-refractivity contribution < 1.29 is 22.7 Å². The van der Waals surface area contributed by atoms with E-state index < -0.39 is 17.6 Å². The topological polar surface area (TPSA) is 89.6 Å². The number of benzene rings is 2. The lowest BCUT2D eigenvalue weighted by atomic mass is 10.0. The summed E-state index contributed by atoms with van der Waals surface area (Å²) < 4.78 is 49.7. The lowest BCUT2D eigenvalue weighted by molar-refractivity contribution is -0.137. The molecule has 6 rings (SSSR count). The molecule has 5 aromatic rings. The maximum atomic E-state index is 13.7. The fourth-order valence-electron chi connectivity index (χ4n) is 4.82. The Morgan fingerprint density at radius 2 is 1.84 bits per heavy atom. The zero-order valence-corrected chi connectivity index (χ0v) is 23.3. The van der Waals surface area contributed by atoms with E-state index in [0.29, 0.717) is 41.4 Å². The van der Waals surface area contributed by atoms with Gasteiger partial charge in [-0.25, -0.2) is 14.5 Å². The second-order valence-electron chi connectivity index (χ2n) is 10.1. The van der Waals surface area contributed by atoms with E-state index in [9.17, 15) is 18.0 Å². The number of aryl methyl sites for hydroxylation is 1. The normalized spacial score (nSPS) is 13.6. The summed E-state index contributed by atoms with van der Waals surface area (Å²) in [6.45, 7) is 6.24. The predicted octanol–water partition coefficient (Wildman–Crippen LogP) is 5.04. The van der Waals surface area contributed by atoms with Gasteiger partial charge in [-0.15, -0.1) is 5.10 Å². The highest BCUT2D eigenvalue weighted by atomic mass is 19.4. The number of ether oxygens (including phenoxy) is 1. The first-order valence-electron chi connectivity index (χ1n) is 13.5. The van der Waals surface area contributed by atoms with Crippen LogP contribution in [-0.2, 0) is 10.9 Å². The van der Waals surface area contributed by atoms with E-state index >= 15 is 0 Å². The number of hydrogen-bond donors (Lipinski definition) is 1. The summed E-state index contributed by atoms with van der Waals surface area (Å²) in [4.78, 5) is 23.9. The van der Waals surface area contributed by atoms with Gasteiger partial charge < -0.3 is 19.5 Å². The van der Waals surface area contributed by atoms with Gasteiger partial charge in [-0.1, -0.05) is 12.0 Å². The minimum atomic E-state index is -4.60. The van der Waals surface area contributed by atoms with Crippen LogP contribution in [0, 0.1) is 25.7 Å². The zero-order chi connectivity index (χ0) is 30.1. The molecule has 1 N–H and O–H groups in total. The number of hydrogen-bond acceptors (Lipinski definition) is 6. The highest BCUT2D eigenvalue weighted by molar-refractivity contribution is 6.05. The number of fused-ring (bicyclic) bond motifs is 1. The number of imidazole rings is 2. The van der Waals surface area contributed by atoms with Crippen molar-refractivity contribution in [3.05, 3.63) is 101 Å². The summed E-state index contributed by atoms with van der Waals surface area (Å²) in [6.07, 6.45) is 0.0605. The van der Waals surface area contributed by atoms with Crippen molar-refractivity contribution in [2.45, 2.75) is 20.0 Å². The average molecular weight is 586 g/mol. The van der Waals surface area contributed by atoms with E-state index in [1.54, 1.807) is 49.0 Å². The Morgan fingerprint density at radius 1 is 1.02 bits per heavy atom. The van der Waals surface area contributed by atoms with Gasteiger partial charge in [0.2, 0.25) is 0 Å². The third-order valence-corrected chi connectivity index (χ3v) is 7.10. The van der Waals surface area contributed by atoms with Crippen LogP contribution < -0.4 is 10.2 Å². The number of amides is 1. The molecule has 0 spiro atoms. The molecule has 0 unspecified atom stereocenters. The number of carbonyl (C=O) groups excluding carboxylic acids is 1. The molecule has 1 saturated heterocycles. The molecule has 43 heavy (non-hydrogen) atoms. The van der Waals surface area contributed by atoms with Gasteiger partial charge in [-0.2, -0.15) is 13.2 Å². The summed E-state index contributed by atoms with van der Waals surface area (Å²) in [5.41, 5.74) is 2.67. The Balaban J connectivity index is 1.28. The Labute approximate surface area is 244 Å². The molecule has 0 atom stereocenters. The highest BCUT2D eigenvalue weighted by Gasteiger charge is 2.31. The fourth-order valence-corrected chi connectivity index (χ4v) is 4.82. The number of anilines is 2. The van der Waals surface area contributed by atoms with E-state index in [2.05, 4.69) is 32.0 Å². The largest absolute Gasteiger partial charge is 0.416 e. The SMILES string of the molecule is Cc1cn(-c2cc(NC(=O)c3cccc(C#Cc4cnc5ccc(N6CCOCC6)nn45)c3C)cc(C(F)(F)F)c2)cn1. The molecule has 1 fully saturated rings. The number of nitrogens with zero attached hydrogens (tertiary/aromatic N) is 6. The lowest BCUT2D eigenvalue weighted by Gasteiger charge is -2.27. The third kappa shape index (κ3) is 5.93. The number of alkyl halides is 3. The molecule has 0 saturated carbocycles. The molecule has 12 heteroatoms. The summed E-state index contributed by atoms with van der Waals surface area (Å²) in [5.74, 6) is 6.45. The maximum absolute atomic E-state index is 13.7. The standard InChI is InChI=1S/C31H26F3N7O2/c1-20-18-40(19-36-20)26-15-23(31(32,33)34)14-24(16-26)37-30(42)27-5-3-4-22(21(27)2)6-7-25-17-35-28-8-9-29(38-41(25)28)39-10-12-43-13-11-39/h3-5,8-9,14-19H,10-13H2,1-2H3,(H,37,42). The molecule has 0 bridgehead atoms. The third-order valence-electron chi connectivity index (χ3n) is 7.10. The van der Waals surface area contributed by atoms with Gasteiger partial charge in [0, 0.05) is 41.8 Å². The number of carbonyl (C=O) groups is 1. The molecule has 3 aromatic heterocycles. The van der Waals surface area contributed by atoms with E-state index in [4.69, 9.17) is 9.84 Å². The second kappa shape index (κ2) is 11.3. The minimum Gasteiger partial charge on any atom is -0.378 e. The number of morpholine rings is 1. The van der Waals surface area contributed by atoms with E-state index in [0.717, 1.165) is 31.0 Å². The van der Waals surface area contributed by atoms with Crippen molar-refractivity contribution in [1.29, 1.82) is 0 Å². The van der Waals surface area contributed by atoms with Crippen molar-refractivity contribution in [2.75, 3.05) is 36.5 Å². The Kier molecular flexibility index (Phi) is 7.33. The van der Waals surface area contributed by atoms with E-state index in [-0.39, 0.29) is 16.9 Å². The van der Waals surface area contributed by atoms with Crippen LogP contribution in [0.3, 0.4) is 0 Å². The number of aromatic nitrogens is 5. The van der Waals surface area contributed by atoms with Crippen LogP contribution in [-0.4, -0.2) is 56.4 Å². The van der Waals surface area contributed by atoms with Crippen LogP contribution in [0.5, 0.6) is 0 Å². The van der Waals surface area contributed by atoms with Gasteiger partial charge in [0.05, 0.1) is 37.0 Å².